The zero-order chi connectivity index (χ0) is 12.1. The quantitative estimate of drug-likeness (QED) is 0.859. The summed E-state index contributed by atoms with van der Waals surface area (Å²) in [6.07, 6.45) is 3.03. The largest absolute Gasteiger partial charge is 0.314 e. The van der Waals surface area contributed by atoms with Crippen molar-refractivity contribution in [1.82, 2.24) is 10.2 Å². The first kappa shape index (κ1) is 12.8. The van der Waals surface area contributed by atoms with E-state index in [1.54, 1.807) is 0 Å². The summed E-state index contributed by atoms with van der Waals surface area (Å²) in [5, 5.41) is 3.40. The molecule has 0 saturated carbocycles. The molecule has 1 aromatic rings. The third kappa shape index (κ3) is 3.41. The number of hydrogen-bond donors (Lipinski definition) is 1. The standard InChI is InChI=1S/C14H19BrN2/c1-2-4-14(17-9-7-16-8-10-17)12-5-3-6-13(15)11-12/h2-3,5-6,11,14,16H,1,4,7-10H2/t14-/m1/s1. The van der Waals surface area contributed by atoms with Gasteiger partial charge in [0.1, 0.15) is 0 Å². The summed E-state index contributed by atoms with van der Waals surface area (Å²) in [5.41, 5.74) is 1.38. The molecule has 0 unspecified atom stereocenters. The minimum absolute atomic E-state index is 0.465. The second-order valence-corrected chi connectivity index (χ2v) is 5.30. The molecule has 0 aromatic heterocycles. The van der Waals surface area contributed by atoms with E-state index in [2.05, 4.69) is 57.0 Å². The average molecular weight is 295 g/mol. The van der Waals surface area contributed by atoms with Crippen molar-refractivity contribution in [3.8, 4) is 0 Å². The molecule has 0 bridgehead atoms. The first-order valence-corrected chi connectivity index (χ1v) is 6.91. The van der Waals surface area contributed by atoms with E-state index in [0.29, 0.717) is 6.04 Å². The number of hydrogen-bond acceptors (Lipinski definition) is 2. The van der Waals surface area contributed by atoms with Crippen LogP contribution in [-0.4, -0.2) is 31.1 Å². The van der Waals surface area contributed by atoms with Gasteiger partial charge in [0.05, 0.1) is 0 Å². The molecule has 0 aliphatic carbocycles. The Hall–Kier alpha value is -0.640. The zero-order valence-electron chi connectivity index (χ0n) is 10.0. The highest BCUT2D eigenvalue weighted by Gasteiger charge is 2.20. The summed E-state index contributed by atoms with van der Waals surface area (Å²) in [6, 6.07) is 9.08. The monoisotopic (exact) mass is 294 g/mol. The Balaban J connectivity index is 2.18. The van der Waals surface area contributed by atoms with Crippen molar-refractivity contribution < 1.29 is 0 Å². The summed E-state index contributed by atoms with van der Waals surface area (Å²) in [7, 11) is 0. The van der Waals surface area contributed by atoms with Gasteiger partial charge in [0.15, 0.2) is 0 Å². The van der Waals surface area contributed by atoms with Crippen LogP contribution in [0.3, 0.4) is 0 Å². The van der Waals surface area contributed by atoms with Crippen LogP contribution in [0.4, 0.5) is 0 Å². The van der Waals surface area contributed by atoms with Gasteiger partial charge in [-0.05, 0) is 24.1 Å². The average Bonchev–Trinajstić information content (AvgIpc) is 2.37. The fraction of sp³-hybridized carbons (Fsp3) is 0.429. The maximum Gasteiger partial charge on any atom is 0.0383 e. The molecule has 1 aliphatic heterocycles. The lowest BCUT2D eigenvalue weighted by Gasteiger charge is -2.34. The van der Waals surface area contributed by atoms with E-state index >= 15 is 0 Å². The Morgan fingerprint density at radius 2 is 2.18 bits per heavy atom. The van der Waals surface area contributed by atoms with Crippen LogP contribution in [0.1, 0.15) is 18.0 Å². The summed E-state index contributed by atoms with van der Waals surface area (Å²) >= 11 is 3.55. The highest BCUT2D eigenvalue weighted by Crippen LogP contribution is 2.27. The molecular formula is C14H19BrN2. The molecule has 0 spiro atoms. The van der Waals surface area contributed by atoms with Gasteiger partial charge in [0.2, 0.25) is 0 Å². The SMILES string of the molecule is C=CC[C@H](c1cccc(Br)c1)N1CCNCC1. The molecule has 2 rings (SSSR count). The Bertz CT molecular complexity index is 372. The molecule has 2 nitrogen and oxygen atoms in total. The van der Waals surface area contributed by atoms with Gasteiger partial charge < -0.3 is 5.32 Å². The predicted molar refractivity (Wildman–Crippen MR) is 76.1 cm³/mol. The maximum absolute atomic E-state index is 3.89. The van der Waals surface area contributed by atoms with E-state index in [-0.39, 0.29) is 0 Å². The minimum Gasteiger partial charge on any atom is -0.314 e. The molecule has 3 heteroatoms. The van der Waals surface area contributed by atoms with E-state index in [9.17, 15) is 0 Å². The molecule has 92 valence electrons. The van der Waals surface area contributed by atoms with Crippen molar-refractivity contribution in [2.75, 3.05) is 26.2 Å². The smallest absolute Gasteiger partial charge is 0.0383 e. The molecule has 1 fully saturated rings. The highest BCUT2D eigenvalue weighted by atomic mass is 79.9. The van der Waals surface area contributed by atoms with Crippen LogP contribution in [0.2, 0.25) is 0 Å². The van der Waals surface area contributed by atoms with Crippen LogP contribution in [-0.2, 0) is 0 Å². The van der Waals surface area contributed by atoms with Gasteiger partial charge in [-0.15, -0.1) is 6.58 Å². The number of nitrogens with one attached hydrogen (secondary N) is 1. The van der Waals surface area contributed by atoms with Crippen molar-refractivity contribution in [2.24, 2.45) is 0 Å². The van der Waals surface area contributed by atoms with Crippen molar-refractivity contribution in [2.45, 2.75) is 12.5 Å². The molecule has 1 atom stereocenters. The van der Waals surface area contributed by atoms with Crippen molar-refractivity contribution in [3.05, 3.63) is 47.0 Å². The van der Waals surface area contributed by atoms with Gasteiger partial charge in [-0.2, -0.15) is 0 Å². The second kappa shape index (κ2) is 6.34. The topological polar surface area (TPSA) is 15.3 Å². The number of piperazine rings is 1. The lowest BCUT2D eigenvalue weighted by molar-refractivity contribution is 0.174. The first-order valence-electron chi connectivity index (χ1n) is 6.12. The highest BCUT2D eigenvalue weighted by molar-refractivity contribution is 9.10. The van der Waals surface area contributed by atoms with Gasteiger partial charge in [0.25, 0.3) is 0 Å². The summed E-state index contributed by atoms with van der Waals surface area (Å²) in [6.45, 7) is 8.29. The van der Waals surface area contributed by atoms with Gasteiger partial charge in [0, 0.05) is 36.7 Å². The van der Waals surface area contributed by atoms with Crippen LogP contribution in [0.15, 0.2) is 41.4 Å². The molecule has 1 aromatic carbocycles. The Morgan fingerprint density at radius 3 is 2.82 bits per heavy atom. The van der Waals surface area contributed by atoms with Crippen LogP contribution in [0, 0.1) is 0 Å². The third-order valence-electron chi connectivity index (χ3n) is 3.22. The fourth-order valence-corrected chi connectivity index (χ4v) is 2.78. The van der Waals surface area contributed by atoms with E-state index in [0.717, 1.165) is 37.1 Å². The molecule has 17 heavy (non-hydrogen) atoms. The maximum atomic E-state index is 3.89. The van der Waals surface area contributed by atoms with Crippen molar-refractivity contribution in [1.29, 1.82) is 0 Å². The van der Waals surface area contributed by atoms with Crippen LogP contribution in [0.5, 0.6) is 0 Å². The number of rotatable bonds is 4. The lowest BCUT2D eigenvalue weighted by Crippen LogP contribution is -2.45. The Labute approximate surface area is 112 Å². The van der Waals surface area contributed by atoms with Crippen molar-refractivity contribution in [3.63, 3.8) is 0 Å². The summed E-state index contributed by atoms with van der Waals surface area (Å²) in [4.78, 5) is 2.54. The number of nitrogens with zero attached hydrogens (tertiary/aromatic N) is 1. The molecular weight excluding hydrogens is 276 g/mol. The zero-order valence-corrected chi connectivity index (χ0v) is 11.6. The van der Waals surface area contributed by atoms with E-state index in [4.69, 9.17) is 0 Å². The second-order valence-electron chi connectivity index (χ2n) is 4.38. The van der Waals surface area contributed by atoms with Gasteiger partial charge >= 0.3 is 0 Å². The normalized spacial score (nSPS) is 18.9. The Kier molecular flexibility index (Phi) is 4.77. The third-order valence-corrected chi connectivity index (χ3v) is 3.71. The summed E-state index contributed by atoms with van der Waals surface area (Å²) in [5.74, 6) is 0. The molecule has 1 N–H and O–H groups in total. The molecule has 0 amide bonds. The lowest BCUT2D eigenvalue weighted by atomic mass is 10.0. The number of benzene rings is 1. The number of halogens is 1. The summed E-state index contributed by atoms with van der Waals surface area (Å²) < 4.78 is 1.15. The van der Waals surface area contributed by atoms with Crippen LogP contribution < -0.4 is 5.32 Å². The van der Waals surface area contributed by atoms with Crippen molar-refractivity contribution >= 4 is 15.9 Å². The van der Waals surface area contributed by atoms with Gasteiger partial charge in [-0.3, -0.25) is 4.90 Å². The van der Waals surface area contributed by atoms with E-state index in [1.165, 1.54) is 5.56 Å². The minimum atomic E-state index is 0.465. The van der Waals surface area contributed by atoms with Crippen LogP contribution in [0.25, 0.3) is 0 Å². The van der Waals surface area contributed by atoms with Gasteiger partial charge in [-0.25, -0.2) is 0 Å². The molecule has 1 aliphatic rings. The molecule has 1 saturated heterocycles. The Morgan fingerprint density at radius 1 is 1.41 bits per heavy atom. The predicted octanol–water partition coefficient (Wildman–Crippen LogP) is 2.97. The van der Waals surface area contributed by atoms with E-state index in [1.807, 2.05) is 6.08 Å². The van der Waals surface area contributed by atoms with Gasteiger partial charge in [-0.1, -0.05) is 34.1 Å². The van der Waals surface area contributed by atoms with E-state index < -0.39 is 0 Å². The molecule has 1 heterocycles. The fourth-order valence-electron chi connectivity index (χ4n) is 2.36. The molecule has 0 radical (unpaired) electrons. The van der Waals surface area contributed by atoms with Crippen LogP contribution >= 0.6 is 15.9 Å². The first-order chi connectivity index (χ1) is 8.31.